The number of imidazole rings is 1. The number of pyridine rings is 1. The molecule has 16 heavy (non-hydrogen) atoms. The van der Waals surface area contributed by atoms with E-state index in [1.807, 2.05) is 41.8 Å². The number of hydrogen-bond acceptors (Lipinski definition) is 2. The van der Waals surface area contributed by atoms with E-state index in [1.165, 1.54) is 0 Å². The number of fused-ring (bicyclic) bond motifs is 1. The van der Waals surface area contributed by atoms with E-state index in [0.717, 1.165) is 22.9 Å². The third-order valence-electron chi connectivity index (χ3n) is 2.48. The lowest BCUT2D eigenvalue weighted by molar-refractivity contribution is 0.546. The maximum Gasteiger partial charge on any atom is 0.156 e. The highest BCUT2D eigenvalue weighted by molar-refractivity contribution is 6.33. The number of hydrogen-bond donors (Lipinski definition) is 0. The fraction of sp³-hybridized carbons (Fsp3) is 0.0833. The summed E-state index contributed by atoms with van der Waals surface area (Å²) in [5.74, 6) is 1.68. The van der Waals surface area contributed by atoms with Gasteiger partial charge in [0.2, 0.25) is 0 Å². The molecule has 0 fully saturated rings. The minimum atomic E-state index is 0.636. The van der Waals surface area contributed by atoms with Gasteiger partial charge in [-0.1, -0.05) is 11.6 Å². The number of furan rings is 1. The topological polar surface area (TPSA) is 30.4 Å². The summed E-state index contributed by atoms with van der Waals surface area (Å²) in [6, 6.07) is 7.57. The lowest BCUT2D eigenvalue weighted by atomic mass is 10.3. The molecule has 80 valence electrons. The van der Waals surface area contributed by atoms with Gasteiger partial charge in [-0.15, -0.1) is 0 Å². The summed E-state index contributed by atoms with van der Waals surface area (Å²) in [6.07, 6.45) is 3.68. The van der Waals surface area contributed by atoms with Crippen molar-refractivity contribution in [2.45, 2.75) is 6.92 Å². The molecule has 0 saturated heterocycles. The van der Waals surface area contributed by atoms with Gasteiger partial charge in [-0.25, -0.2) is 4.98 Å². The molecule has 0 atom stereocenters. The molecule has 3 rings (SSSR count). The Balaban J connectivity index is 2.29. The van der Waals surface area contributed by atoms with Gasteiger partial charge in [0, 0.05) is 6.20 Å². The zero-order valence-corrected chi connectivity index (χ0v) is 9.40. The molecule has 0 bridgehead atoms. The second kappa shape index (κ2) is 3.39. The molecular weight excluding hydrogens is 224 g/mol. The highest BCUT2D eigenvalue weighted by Crippen LogP contribution is 2.25. The van der Waals surface area contributed by atoms with Gasteiger partial charge < -0.3 is 4.42 Å². The van der Waals surface area contributed by atoms with E-state index in [-0.39, 0.29) is 0 Å². The van der Waals surface area contributed by atoms with E-state index in [4.69, 9.17) is 16.0 Å². The third kappa shape index (κ3) is 1.32. The molecule has 3 aromatic rings. The van der Waals surface area contributed by atoms with Crippen LogP contribution in [0.4, 0.5) is 0 Å². The molecule has 0 spiro atoms. The van der Waals surface area contributed by atoms with Crippen molar-refractivity contribution >= 4 is 17.2 Å². The van der Waals surface area contributed by atoms with E-state index in [0.29, 0.717) is 5.02 Å². The average Bonchev–Trinajstić information content (AvgIpc) is 2.84. The molecule has 3 heterocycles. The summed E-state index contributed by atoms with van der Waals surface area (Å²) in [5.41, 5.74) is 1.65. The van der Waals surface area contributed by atoms with Gasteiger partial charge in [-0.3, -0.25) is 4.40 Å². The zero-order valence-electron chi connectivity index (χ0n) is 8.64. The van der Waals surface area contributed by atoms with Crippen molar-refractivity contribution in [3.8, 4) is 11.5 Å². The molecule has 4 heteroatoms. The SMILES string of the molecule is Cc1ccc(-c2cnc3c(Cl)cccn23)o1. The molecular formula is C12H9ClN2O. The van der Waals surface area contributed by atoms with Crippen molar-refractivity contribution < 1.29 is 4.42 Å². The molecule has 0 aliphatic carbocycles. The molecule has 0 N–H and O–H groups in total. The predicted molar refractivity (Wildman–Crippen MR) is 62.6 cm³/mol. The highest BCUT2D eigenvalue weighted by atomic mass is 35.5. The Bertz CT molecular complexity index is 654. The molecule has 0 aliphatic heterocycles. The highest BCUT2D eigenvalue weighted by Gasteiger charge is 2.10. The first kappa shape index (κ1) is 9.48. The maximum atomic E-state index is 6.05. The van der Waals surface area contributed by atoms with Gasteiger partial charge in [0.15, 0.2) is 11.4 Å². The van der Waals surface area contributed by atoms with Crippen LogP contribution in [0.25, 0.3) is 17.1 Å². The van der Waals surface area contributed by atoms with Crippen LogP contribution in [-0.4, -0.2) is 9.38 Å². The Morgan fingerprint density at radius 2 is 2.19 bits per heavy atom. The van der Waals surface area contributed by atoms with Crippen LogP contribution in [0, 0.1) is 6.92 Å². The normalized spacial score (nSPS) is 11.1. The molecule has 0 radical (unpaired) electrons. The second-order valence-electron chi connectivity index (χ2n) is 3.60. The summed E-state index contributed by atoms with van der Waals surface area (Å²) in [4.78, 5) is 4.27. The third-order valence-corrected chi connectivity index (χ3v) is 2.78. The van der Waals surface area contributed by atoms with Crippen LogP contribution in [0.5, 0.6) is 0 Å². The summed E-state index contributed by atoms with van der Waals surface area (Å²) in [6.45, 7) is 1.92. The summed E-state index contributed by atoms with van der Waals surface area (Å²) in [7, 11) is 0. The lowest BCUT2D eigenvalue weighted by Crippen LogP contribution is -1.86. The smallest absolute Gasteiger partial charge is 0.156 e. The van der Waals surface area contributed by atoms with Gasteiger partial charge in [-0.2, -0.15) is 0 Å². The van der Waals surface area contributed by atoms with Gasteiger partial charge in [0.05, 0.1) is 11.2 Å². The van der Waals surface area contributed by atoms with Gasteiger partial charge in [0.25, 0.3) is 0 Å². The number of aromatic nitrogens is 2. The van der Waals surface area contributed by atoms with Crippen LogP contribution >= 0.6 is 11.6 Å². The van der Waals surface area contributed by atoms with Crippen LogP contribution in [0.2, 0.25) is 5.02 Å². The predicted octanol–water partition coefficient (Wildman–Crippen LogP) is 3.56. The Hall–Kier alpha value is -1.74. The quantitative estimate of drug-likeness (QED) is 0.642. The number of aryl methyl sites for hydroxylation is 1. The first-order chi connectivity index (χ1) is 7.75. The number of nitrogens with zero attached hydrogens (tertiary/aromatic N) is 2. The largest absolute Gasteiger partial charge is 0.460 e. The fourth-order valence-corrected chi connectivity index (χ4v) is 1.94. The summed E-state index contributed by atoms with van der Waals surface area (Å²) < 4.78 is 7.49. The van der Waals surface area contributed by atoms with Crippen molar-refractivity contribution in [2.24, 2.45) is 0 Å². The van der Waals surface area contributed by atoms with Gasteiger partial charge in [-0.05, 0) is 31.2 Å². The average molecular weight is 233 g/mol. The zero-order chi connectivity index (χ0) is 11.1. The molecule has 0 aliphatic rings. The first-order valence-electron chi connectivity index (χ1n) is 4.94. The van der Waals surface area contributed by atoms with Crippen molar-refractivity contribution in [3.63, 3.8) is 0 Å². The molecule has 0 unspecified atom stereocenters. The number of rotatable bonds is 1. The van der Waals surface area contributed by atoms with Crippen molar-refractivity contribution in [3.05, 3.63) is 47.4 Å². The van der Waals surface area contributed by atoms with Crippen molar-refractivity contribution in [1.29, 1.82) is 0 Å². The van der Waals surface area contributed by atoms with Crippen LogP contribution in [-0.2, 0) is 0 Å². The molecule has 3 nitrogen and oxygen atoms in total. The first-order valence-corrected chi connectivity index (χ1v) is 5.32. The van der Waals surface area contributed by atoms with Crippen LogP contribution < -0.4 is 0 Å². The summed E-state index contributed by atoms with van der Waals surface area (Å²) >= 11 is 6.05. The fourth-order valence-electron chi connectivity index (χ4n) is 1.73. The van der Waals surface area contributed by atoms with Crippen molar-refractivity contribution in [2.75, 3.05) is 0 Å². The van der Waals surface area contributed by atoms with Gasteiger partial charge >= 0.3 is 0 Å². The molecule has 0 aromatic carbocycles. The molecule has 3 aromatic heterocycles. The van der Waals surface area contributed by atoms with Crippen LogP contribution in [0.1, 0.15) is 5.76 Å². The Morgan fingerprint density at radius 3 is 2.94 bits per heavy atom. The van der Waals surface area contributed by atoms with Crippen LogP contribution in [0.15, 0.2) is 41.1 Å². The Labute approximate surface area is 97.3 Å². The van der Waals surface area contributed by atoms with E-state index in [1.54, 1.807) is 6.20 Å². The lowest BCUT2D eigenvalue weighted by Gasteiger charge is -1.98. The van der Waals surface area contributed by atoms with Gasteiger partial charge in [0.1, 0.15) is 11.5 Å². The van der Waals surface area contributed by atoms with E-state index < -0.39 is 0 Å². The summed E-state index contributed by atoms with van der Waals surface area (Å²) in [5, 5.41) is 0.636. The Kier molecular flexibility index (Phi) is 2.01. The monoisotopic (exact) mass is 232 g/mol. The minimum absolute atomic E-state index is 0.636. The minimum Gasteiger partial charge on any atom is -0.460 e. The van der Waals surface area contributed by atoms with Crippen LogP contribution in [0.3, 0.4) is 0 Å². The van der Waals surface area contributed by atoms with Crippen molar-refractivity contribution in [1.82, 2.24) is 9.38 Å². The maximum absolute atomic E-state index is 6.05. The second-order valence-corrected chi connectivity index (χ2v) is 4.01. The molecule has 0 saturated carbocycles. The number of halogens is 1. The van der Waals surface area contributed by atoms with E-state index in [2.05, 4.69) is 4.98 Å². The Morgan fingerprint density at radius 1 is 1.31 bits per heavy atom. The standard InChI is InChI=1S/C12H9ClN2O/c1-8-4-5-11(16-8)10-7-14-12-9(13)3-2-6-15(10)12/h2-7H,1H3. The molecule has 0 amide bonds. The van der Waals surface area contributed by atoms with E-state index >= 15 is 0 Å². The van der Waals surface area contributed by atoms with E-state index in [9.17, 15) is 0 Å².